The number of pyridine rings is 1. The van der Waals surface area contributed by atoms with E-state index in [4.69, 9.17) is 0 Å². The number of nitrogens with zero attached hydrogens (tertiary/aromatic N) is 2. The van der Waals surface area contributed by atoms with Crippen LogP contribution in [0.4, 0.5) is 4.39 Å². The van der Waals surface area contributed by atoms with E-state index in [0.29, 0.717) is 5.65 Å². The van der Waals surface area contributed by atoms with E-state index in [-0.39, 0.29) is 5.82 Å². The normalized spacial score (nSPS) is 10.7. The molecule has 0 aliphatic carbocycles. The maximum Gasteiger partial charge on any atom is 0.173 e. The van der Waals surface area contributed by atoms with Gasteiger partial charge in [0.15, 0.2) is 11.5 Å². The van der Waals surface area contributed by atoms with E-state index < -0.39 is 0 Å². The van der Waals surface area contributed by atoms with Gasteiger partial charge in [0.05, 0.1) is 5.69 Å². The van der Waals surface area contributed by atoms with Crippen molar-refractivity contribution >= 4 is 5.65 Å². The molecule has 11 heavy (non-hydrogen) atoms. The smallest absolute Gasteiger partial charge is 0.173 e. The van der Waals surface area contributed by atoms with Crippen molar-refractivity contribution in [3.05, 3.63) is 36.0 Å². The van der Waals surface area contributed by atoms with Gasteiger partial charge < -0.3 is 4.40 Å². The Morgan fingerprint density at radius 3 is 3.18 bits per heavy atom. The molecule has 2 heterocycles. The maximum absolute atomic E-state index is 12.9. The first-order valence-electron chi connectivity index (χ1n) is 3.28. The van der Waals surface area contributed by atoms with Crippen molar-refractivity contribution < 1.29 is 4.39 Å². The number of hydrogen-bond acceptors (Lipinski definition) is 1. The number of imidazole rings is 1. The van der Waals surface area contributed by atoms with E-state index in [1.54, 1.807) is 16.8 Å². The van der Waals surface area contributed by atoms with Crippen LogP contribution in [-0.4, -0.2) is 9.38 Å². The van der Waals surface area contributed by atoms with E-state index in [1.165, 1.54) is 6.07 Å². The van der Waals surface area contributed by atoms with E-state index in [2.05, 4.69) is 11.1 Å². The second-order valence-corrected chi connectivity index (χ2v) is 2.40. The second kappa shape index (κ2) is 2.05. The third-order valence-electron chi connectivity index (χ3n) is 1.49. The molecule has 0 saturated carbocycles. The van der Waals surface area contributed by atoms with Gasteiger partial charge in [0, 0.05) is 18.5 Å². The lowest BCUT2D eigenvalue weighted by Gasteiger charge is -1.90. The molecule has 0 N–H and O–H groups in total. The molecule has 0 unspecified atom stereocenters. The summed E-state index contributed by atoms with van der Waals surface area (Å²) < 4.78 is 14.5. The summed E-state index contributed by atoms with van der Waals surface area (Å²) in [4.78, 5) is 3.98. The summed E-state index contributed by atoms with van der Waals surface area (Å²) in [7, 11) is 0. The van der Waals surface area contributed by atoms with E-state index >= 15 is 0 Å². The predicted molar refractivity (Wildman–Crippen MR) is 38.7 cm³/mol. The zero-order valence-corrected chi connectivity index (χ0v) is 6.00. The monoisotopic (exact) mass is 149 g/mol. The highest BCUT2D eigenvalue weighted by molar-refractivity contribution is 5.40. The Morgan fingerprint density at radius 1 is 1.64 bits per heavy atom. The first-order chi connectivity index (χ1) is 5.27. The molecule has 0 saturated heterocycles. The van der Waals surface area contributed by atoms with Crippen LogP contribution in [0.25, 0.3) is 5.65 Å². The topological polar surface area (TPSA) is 17.3 Å². The Bertz CT molecular complexity index is 392. The van der Waals surface area contributed by atoms with Gasteiger partial charge in [-0.2, -0.15) is 0 Å². The number of aryl methyl sites for hydroxylation is 1. The van der Waals surface area contributed by atoms with Gasteiger partial charge in [-0.1, -0.05) is 0 Å². The van der Waals surface area contributed by atoms with E-state index in [0.717, 1.165) is 5.69 Å². The molecule has 0 atom stereocenters. The lowest BCUT2D eigenvalue weighted by Crippen LogP contribution is -1.85. The average molecular weight is 149 g/mol. The van der Waals surface area contributed by atoms with Crippen LogP contribution in [-0.2, 0) is 0 Å². The fourth-order valence-electron chi connectivity index (χ4n) is 1.05. The van der Waals surface area contributed by atoms with Crippen molar-refractivity contribution in [2.75, 3.05) is 0 Å². The van der Waals surface area contributed by atoms with Gasteiger partial charge >= 0.3 is 0 Å². The highest BCUT2D eigenvalue weighted by Crippen LogP contribution is 2.07. The Balaban J connectivity index is 2.90. The first-order valence-corrected chi connectivity index (χ1v) is 3.28. The van der Waals surface area contributed by atoms with Crippen molar-refractivity contribution in [1.29, 1.82) is 0 Å². The Kier molecular flexibility index (Phi) is 1.18. The van der Waals surface area contributed by atoms with Crippen molar-refractivity contribution in [2.45, 2.75) is 6.92 Å². The van der Waals surface area contributed by atoms with Crippen LogP contribution in [0.5, 0.6) is 0 Å². The molecular weight excluding hydrogens is 143 g/mol. The summed E-state index contributed by atoms with van der Waals surface area (Å²) in [5.74, 6) is -0.333. The minimum absolute atomic E-state index is 0.333. The summed E-state index contributed by atoms with van der Waals surface area (Å²) in [6, 6.07) is 3.94. The number of rotatable bonds is 0. The van der Waals surface area contributed by atoms with Gasteiger partial charge in [-0.15, -0.1) is 0 Å². The predicted octanol–water partition coefficient (Wildman–Crippen LogP) is 1.58. The highest BCUT2D eigenvalue weighted by Gasteiger charge is 2.01. The van der Waals surface area contributed by atoms with Crippen LogP contribution >= 0.6 is 0 Å². The molecule has 0 spiro atoms. The minimum Gasteiger partial charge on any atom is -0.304 e. The zero-order chi connectivity index (χ0) is 7.84. The van der Waals surface area contributed by atoms with Crippen LogP contribution in [0.15, 0.2) is 18.5 Å². The largest absolute Gasteiger partial charge is 0.304 e. The first kappa shape index (κ1) is 6.34. The van der Waals surface area contributed by atoms with Crippen molar-refractivity contribution in [1.82, 2.24) is 9.38 Å². The number of halogens is 1. The summed E-state index contributed by atoms with van der Waals surface area (Å²) in [5.41, 5.74) is 1.17. The van der Waals surface area contributed by atoms with Gasteiger partial charge in [-0.3, -0.25) is 0 Å². The van der Waals surface area contributed by atoms with Gasteiger partial charge in [0.2, 0.25) is 0 Å². The van der Waals surface area contributed by atoms with Crippen LogP contribution in [0.2, 0.25) is 0 Å². The van der Waals surface area contributed by atoms with Gasteiger partial charge in [-0.05, 0) is 13.0 Å². The second-order valence-electron chi connectivity index (χ2n) is 2.40. The fraction of sp³-hybridized carbons (Fsp3) is 0.125. The third kappa shape index (κ3) is 0.888. The summed E-state index contributed by atoms with van der Waals surface area (Å²) >= 11 is 0. The minimum atomic E-state index is -0.333. The molecule has 0 bridgehead atoms. The average Bonchev–Trinajstić information content (AvgIpc) is 2.31. The lowest BCUT2D eigenvalue weighted by atomic mass is 10.4. The molecule has 2 rings (SSSR count). The van der Waals surface area contributed by atoms with E-state index in [9.17, 15) is 4.39 Å². The molecule has 0 aliphatic rings. The molecule has 1 radical (unpaired) electrons. The number of aromatic nitrogens is 2. The summed E-state index contributed by atoms with van der Waals surface area (Å²) in [6.45, 7) is 1.83. The molecule has 0 aromatic carbocycles. The zero-order valence-electron chi connectivity index (χ0n) is 6.00. The molecule has 2 aromatic heterocycles. The quantitative estimate of drug-likeness (QED) is 0.556. The van der Waals surface area contributed by atoms with Crippen molar-refractivity contribution in [3.63, 3.8) is 0 Å². The molecule has 0 fully saturated rings. The van der Waals surface area contributed by atoms with Crippen LogP contribution in [0, 0.1) is 18.8 Å². The van der Waals surface area contributed by atoms with Gasteiger partial charge in [0.1, 0.15) is 0 Å². The molecule has 3 heteroatoms. The Morgan fingerprint density at radius 2 is 2.45 bits per heavy atom. The van der Waals surface area contributed by atoms with Crippen LogP contribution in [0.1, 0.15) is 5.69 Å². The standard InChI is InChI=1S/C8H6FN2/c1-6-5-11-4-2-3-7(9)8(11)10-6/h3-5H,1H3. The molecule has 0 amide bonds. The Labute approximate surface area is 63.3 Å². The van der Waals surface area contributed by atoms with Crippen LogP contribution < -0.4 is 0 Å². The molecule has 55 valence electrons. The molecule has 2 aromatic rings. The third-order valence-corrected chi connectivity index (χ3v) is 1.49. The lowest BCUT2D eigenvalue weighted by molar-refractivity contribution is 0.629. The molecule has 0 aliphatic heterocycles. The maximum atomic E-state index is 12.9. The van der Waals surface area contributed by atoms with Gasteiger partial charge in [-0.25, -0.2) is 9.37 Å². The molecule has 2 nitrogen and oxygen atoms in total. The van der Waals surface area contributed by atoms with Crippen LogP contribution in [0.3, 0.4) is 0 Å². The van der Waals surface area contributed by atoms with Crippen molar-refractivity contribution in [2.24, 2.45) is 0 Å². The molecular formula is C8H6FN2. The van der Waals surface area contributed by atoms with Gasteiger partial charge in [0.25, 0.3) is 0 Å². The summed E-state index contributed by atoms with van der Waals surface area (Å²) in [6.07, 6.45) is 3.41. The van der Waals surface area contributed by atoms with Crippen molar-refractivity contribution in [3.8, 4) is 0 Å². The SMILES string of the molecule is Cc1cn2c[c]cc(F)c2n1. The fourth-order valence-corrected chi connectivity index (χ4v) is 1.05. The number of fused-ring (bicyclic) bond motifs is 1. The summed E-state index contributed by atoms with van der Waals surface area (Å²) in [5, 5.41) is 0. The van der Waals surface area contributed by atoms with E-state index in [1.807, 2.05) is 6.92 Å². The number of hydrogen-bond donors (Lipinski definition) is 0. The Hall–Kier alpha value is -1.38. The highest BCUT2D eigenvalue weighted by atomic mass is 19.1.